The number of fused-ring (bicyclic) bond motifs is 1. The quantitative estimate of drug-likeness (QED) is 0.438. The van der Waals surface area contributed by atoms with Crippen LogP contribution >= 0.6 is 0 Å². The second kappa shape index (κ2) is 7.31. The smallest absolute Gasteiger partial charge is 0.247 e. The molecule has 29 heavy (non-hydrogen) atoms. The van der Waals surface area contributed by atoms with Crippen LogP contribution in [0.2, 0.25) is 0 Å². The van der Waals surface area contributed by atoms with Crippen LogP contribution in [-0.2, 0) is 0 Å². The number of hydrogen-bond acceptors (Lipinski definition) is 4. The molecule has 2 aromatic heterocycles. The van der Waals surface area contributed by atoms with Gasteiger partial charge in [-0.05, 0) is 55.5 Å². The molecule has 2 aromatic carbocycles. The summed E-state index contributed by atoms with van der Waals surface area (Å²) in [4.78, 5) is 4.38. The zero-order valence-corrected chi connectivity index (χ0v) is 15.4. The Labute approximate surface area is 164 Å². The third-order valence-electron chi connectivity index (χ3n) is 4.14. The van der Waals surface area contributed by atoms with E-state index in [0.29, 0.717) is 17.3 Å². The molecule has 0 radical (unpaired) electrons. The highest BCUT2D eigenvalue weighted by Gasteiger charge is 2.15. The first-order valence-corrected chi connectivity index (χ1v) is 8.71. The van der Waals surface area contributed by atoms with E-state index >= 15 is 0 Å². The minimum atomic E-state index is -1.51. The van der Waals surface area contributed by atoms with Crippen LogP contribution in [0.4, 0.5) is 30.5 Å². The van der Waals surface area contributed by atoms with E-state index in [0.717, 1.165) is 29.2 Å². The number of anilines is 3. The third kappa shape index (κ3) is 3.77. The molecule has 8 heteroatoms. The summed E-state index contributed by atoms with van der Waals surface area (Å²) < 4.78 is 42.0. The van der Waals surface area contributed by atoms with Crippen molar-refractivity contribution in [2.24, 2.45) is 0 Å². The van der Waals surface area contributed by atoms with Crippen molar-refractivity contribution in [2.45, 2.75) is 6.92 Å². The van der Waals surface area contributed by atoms with E-state index in [9.17, 15) is 13.2 Å². The van der Waals surface area contributed by atoms with Crippen LogP contribution in [0.15, 0.2) is 66.9 Å². The van der Waals surface area contributed by atoms with Crippen LogP contribution in [0.1, 0.15) is 6.92 Å². The van der Waals surface area contributed by atoms with Crippen LogP contribution in [0.25, 0.3) is 16.9 Å². The molecule has 5 nitrogen and oxygen atoms in total. The number of pyridine rings is 1. The highest BCUT2D eigenvalue weighted by atomic mass is 19.2. The predicted molar refractivity (Wildman–Crippen MR) is 106 cm³/mol. The highest BCUT2D eigenvalue weighted by Crippen LogP contribution is 2.25. The molecule has 4 aromatic rings. The molecule has 2 N–H and O–H groups in total. The Balaban J connectivity index is 1.67. The normalized spacial score (nSPS) is 10.9. The van der Waals surface area contributed by atoms with Gasteiger partial charge in [-0.25, -0.2) is 17.7 Å². The van der Waals surface area contributed by atoms with E-state index in [-0.39, 0.29) is 5.56 Å². The summed E-state index contributed by atoms with van der Waals surface area (Å²) in [7, 11) is 0. The van der Waals surface area contributed by atoms with Crippen LogP contribution in [0.3, 0.4) is 0 Å². The molecule has 0 amide bonds. The summed E-state index contributed by atoms with van der Waals surface area (Å²) in [6, 6.07) is 14.3. The van der Waals surface area contributed by atoms with Crippen LogP contribution in [0.5, 0.6) is 0 Å². The number of nitrogens with zero attached hydrogens (tertiary/aromatic N) is 3. The monoisotopic (exact) mass is 395 g/mol. The standard InChI is InChI=1S/C21H16F3N5/c1-12(2)25-14-6-8-15(9-7-14)26-21-27-19-5-3-4-18(29(19)28-21)13-10-16(22)20(24)17(23)11-13/h3-11,25H,1H2,2H3,(H,26,28). The van der Waals surface area contributed by atoms with Crippen molar-refractivity contribution in [3.8, 4) is 11.3 Å². The lowest BCUT2D eigenvalue weighted by Crippen LogP contribution is -1.98. The number of aromatic nitrogens is 3. The molecule has 4 rings (SSSR count). The van der Waals surface area contributed by atoms with Gasteiger partial charge in [0.25, 0.3) is 0 Å². The molecule has 0 aliphatic rings. The van der Waals surface area contributed by atoms with Crippen molar-refractivity contribution >= 4 is 23.0 Å². The zero-order chi connectivity index (χ0) is 20.5. The highest BCUT2D eigenvalue weighted by molar-refractivity contribution is 5.65. The molecule has 0 saturated heterocycles. The van der Waals surface area contributed by atoms with Gasteiger partial charge in [0.1, 0.15) is 0 Å². The fourth-order valence-corrected chi connectivity index (χ4v) is 2.89. The first kappa shape index (κ1) is 18.5. The maximum absolute atomic E-state index is 13.6. The number of benzene rings is 2. The van der Waals surface area contributed by atoms with E-state index in [1.54, 1.807) is 18.2 Å². The molecule has 2 heterocycles. The van der Waals surface area contributed by atoms with Crippen molar-refractivity contribution in [1.29, 1.82) is 0 Å². The number of hydrogen-bond donors (Lipinski definition) is 2. The van der Waals surface area contributed by atoms with E-state index in [2.05, 4.69) is 27.3 Å². The van der Waals surface area contributed by atoms with E-state index < -0.39 is 17.5 Å². The Hall–Kier alpha value is -3.81. The number of allylic oxidation sites excluding steroid dienone is 1. The Kier molecular flexibility index (Phi) is 4.67. The SMILES string of the molecule is C=C(C)Nc1ccc(Nc2nc3cccc(-c4cc(F)c(F)c(F)c4)n3n2)cc1. The van der Waals surface area contributed by atoms with Gasteiger partial charge in [0.05, 0.1) is 5.69 Å². The largest absolute Gasteiger partial charge is 0.360 e. The molecule has 146 valence electrons. The van der Waals surface area contributed by atoms with Crippen LogP contribution in [-0.4, -0.2) is 14.6 Å². The van der Waals surface area contributed by atoms with Crippen LogP contribution < -0.4 is 10.6 Å². The topological polar surface area (TPSA) is 54.2 Å². The average Bonchev–Trinajstić information content (AvgIpc) is 3.09. The summed E-state index contributed by atoms with van der Waals surface area (Å²) in [6.45, 7) is 5.66. The molecule has 0 spiro atoms. The molecular formula is C21H16F3N5. The van der Waals surface area contributed by atoms with Gasteiger partial charge in [-0.3, -0.25) is 0 Å². The van der Waals surface area contributed by atoms with Crippen molar-refractivity contribution in [2.75, 3.05) is 10.6 Å². The Morgan fingerprint density at radius 3 is 2.28 bits per heavy atom. The number of rotatable bonds is 5. The second-order valence-electron chi connectivity index (χ2n) is 6.48. The van der Waals surface area contributed by atoms with Gasteiger partial charge < -0.3 is 10.6 Å². The van der Waals surface area contributed by atoms with E-state index in [1.165, 1.54) is 4.52 Å². The summed E-state index contributed by atoms with van der Waals surface area (Å²) >= 11 is 0. The Morgan fingerprint density at radius 2 is 1.62 bits per heavy atom. The summed E-state index contributed by atoms with van der Waals surface area (Å²) in [5, 5.41) is 10.6. The number of halogens is 3. The van der Waals surface area contributed by atoms with Gasteiger partial charge in [-0.1, -0.05) is 12.6 Å². The van der Waals surface area contributed by atoms with Crippen LogP contribution in [0, 0.1) is 17.5 Å². The lowest BCUT2D eigenvalue weighted by atomic mass is 10.1. The molecular weight excluding hydrogens is 379 g/mol. The maximum Gasteiger partial charge on any atom is 0.247 e. The van der Waals surface area contributed by atoms with Crippen molar-refractivity contribution in [1.82, 2.24) is 14.6 Å². The molecule has 0 bridgehead atoms. The Morgan fingerprint density at radius 1 is 0.966 bits per heavy atom. The van der Waals surface area contributed by atoms with Gasteiger partial charge in [-0.2, -0.15) is 4.98 Å². The van der Waals surface area contributed by atoms with Gasteiger partial charge >= 0.3 is 0 Å². The lowest BCUT2D eigenvalue weighted by molar-refractivity contribution is 0.447. The van der Waals surface area contributed by atoms with E-state index in [1.807, 2.05) is 31.2 Å². The third-order valence-corrected chi connectivity index (χ3v) is 4.14. The summed E-state index contributed by atoms with van der Waals surface area (Å²) in [5.41, 5.74) is 3.48. The van der Waals surface area contributed by atoms with Gasteiger partial charge in [0.2, 0.25) is 5.95 Å². The molecule has 0 aliphatic heterocycles. The molecule has 0 unspecified atom stereocenters. The fourth-order valence-electron chi connectivity index (χ4n) is 2.89. The van der Waals surface area contributed by atoms with Gasteiger partial charge in [-0.15, -0.1) is 5.10 Å². The minimum absolute atomic E-state index is 0.152. The predicted octanol–water partition coefficient (Wildman–Crippen LogP) is 5.50. The average molecular weight is 395 g/mol. The van der Waals surface area contributed by atoms with Gasteiger partial charge in [0, 0.05) is 22.6 Å². The molecule has 0 atom stereocenters. The van der Waals surface area contributed by atoms with E-state index in [4.69, 9.17) is 0 Å². The Bertz CT molecular complexity index is 1190. The maximum atomic E-state index is 13.6. The molecule has 0 saturated carbocycles. The minimum Gasteiger partial charge on any atom is -0.360 e. The second-order valence-corrected chi connectivity index (χ2v) is 6.48. The first-order valence-electron chi connectivity index (χ1n) is 8.71. The fraction of sp³-hybridized carbons (Fsp3) is 0.0476. The van der Waals surface area contributed by atoms with Gasteiger partial charge in [0.15, 0.2) is 23.1 Å². The molecule has 0 aliphatic carbocycles. The summed E-state index contributed by atoms with van der Waals surface area (Å²) in [6.07, 6.45) is 0. The van der Waals surface area contributed by atoms with Crippen molar-refractivity contribution < 1.29 is 13.2 Å². The summed E-state index contributed by atoms with van der Waals surface area (Å²) in [5.74, 6) is -3.73. The van der Waals surface area contributed by atoms with Crippen molar-refractivity contribution in [3.63, 3.8) is 0 Å². The zero-order valence-electron chi connectivity index (χ0n) is 15.4. The lowest BCUT2D eigenvalue weighted by Gasteiger charge is -2.07. The number of nitrogens with one attached hydrogen (secondary N) is 2. The first-order chi connectivity index (χ1) is 13.9. The van der Waals surface area contributed by atoms with Crippen molar-refractivity contribution in [3.05, 3.63) is 84.3 Å². The molecule has 0 fully saturated rings.